The van der Waals surface area contributed by atoms with Crippen molar-refractivity contribution in [1.29, 1.82) is 0 Å². The van der Waals surface area contributed by atoms with Crippen LogP contribution in [0.4, 0.5) is 0 Å². The number of rotatable bonds is 4. The highest BCUT2D eigenvalue weighted by Crippen LogP contribution is 2.28. The summed E-state index contributed by atoms with van der Waals surface area (Å²) < 4.78 is 2.93. The lowest BCUT2D eigenvalue weighted by Crippen LogP contribution is -2.14. The first-order valence-corrected chi connectivity index (χ1v) is 9.26. The molecule has 0 saturated carbocycles. The minimum absolute atomic E-state index is 0.207. The van der Waals surface area contributed by atoms with Gasteiger partial charge in [0.15, 0.2) is 0 Å². The van der Waals surface area contributed by atoms with E-state index >= 15 is 0 Å². The van der Waals surface area contributed by atoms with Gasteiger partial charge in [0, 0.05) is 33.9 Å². The third-order valence-corrected chi connectivity index (χ3v) is 4.75. The van der Waals surface area contributed by atoms with Crippen molar-refractivity contribution < 1.29 is 0 Å². The molecule has 0 saturated heterocycles. The second kappa shape index (κ2) is 7.68. The van der Waals surface area contributed by atoms with E-state index in [1.54, 1.807) is 23.7 Å². The monoisotopic (exact) mass is 400 g/mol. The first-order valence-electron chi connectivity index (χ1n) is 7.59. The Morgan fingerprint density at radius 2 is 1.92 bits per heavy atom. The quantitative estimate of drug-likeness (QED) is 0.591. The zero-order valence-corrected chi connectivity index (χ0v) is 15.8. The zero-order chi connectivity index (χ0) is 16.9. The van der Waals surface area contributed by atoms with Crippen LogP contribution in [0.15, 0.2) is 68.7 Å². The third-order valence-electron chi connectivity index (χ3n) is 3.23. The Hall–Kier alpha value is -2.05. The first-order chi connectivity index (χ1) is 11.6. The fraction of sp³-hybridized carbons (Fsp3) is 0.167. The van der Waals surface area contributed by atoms with Crippen molar-refractivity contribution in [2.75, 3.05) is 0 Å². The lowest BCUT2D eigenvalue weighted by Gasteiger charge is -2.06. The van der Waals surface area contributed by atoms with Crippen molar-refractivity contribution in [3.63, 3.8) is 0 Å². The Morgan fingerprint density at radius 3 is 2.62 bits per heavy atom. The number of aromatic nitrogens is 2. The molecule has 0 fully saturated rings. The highest BCUT2D eigenvalue weighted by Gasteiger charge is 2.10. The van der Waals surface area contributed by atoms with Gasteiger partial charge < -0.3 is 0 Å². The van der Waals surface area contributed by atoms with E-state index in [0.29, 0.717) is 0 Å². The molecule has 4 nitrogen and oxygen atoms in total. The van der Waals surface area contributed by atoms with Crippen molar-refractivity contribution in [2.24, 2.45) is 10.1 Å². The van der Waals surface area contributed by atoms with Crippen LogP contribution in [0.1, 0.15) is 19.4 Å². The van der Waals surface area contributed by atoms with Crippen LogP contribution >= 0.6 is 27.3 Å². The molecule has 3 aromatic rings. The van der Waals surface area contributed by atoms with Gasteiger partial charge in [0.25, 0.3) is 0 Å². The minimum Gasteiger partial charge on any atom is -0.265 e. The molecule has 122 valence electrons. The number of hydrogen-bond acceptors (Lipinski definition) is 4. The smallest absolute Gasteiger partial charge is 0.206 e. The van der Waals surface area contributed by atoms with E-state index in [1.807, 2.05) is 41.2 Å². The average molecular weight is 401 g/mol. The van der Waals surface area contributed by atoms with Gasteiger partial charge in [-0.2, -0.15) is 5.10 Å². The van der Waals surface area contributed by atoms with Crippen molar-refractivity contribution in [1.82, 2.24) is 9.66 Å². The topological polar surface area (TPSA) is 42.5 Å². The number of halogens is 1. The highest BCUT2D eigenvalue weighted by atomic mass is 79.9. The lowest BCUT2D eigenvalue weighted by atomic mass is 10.2. The number of thiazole rings is 1. The van der Waals surface area contributed by atoms with Gasteiger partial charge in [-0.05, 0) is 37.6 Å². The molecule has 24 heavy (non-hydrogen) atoms. The Morgan fingerprint density at radius 1 is 1.17 bits per heavy atom. The van der Waals surface area contributed by atoms with Gasteiger partial charge >= 0.3 is 0 Å². The second-order valence-electron chi connectivity index (χ2n) is 5.44. The van der Waals surface area contributed by atoms with Crippen LogP contribution in [0.25, 0.3) is 11.3 Å². The van der Waals surface area contributed by atoms with Gasteiger partial charge in [0.1, 0.15) is 0 Å². The lowest BCUT2D eigenvalue weighted by molar-refractivity contribution is 0.754. The number of benzene rings is 1. The molecule has 2 aromatic heterocycles. The van der Waals surface area contributed by atoms with Crippen LogP contribution in [0.3, 0.4) is 0 Å². The molecular formula is C18H17BrN4S. The SMILES string of the molecule is CC(C)N=c1scc(-c2ccccc2Br)n1N=Cc1ccncc1. The van der Waals surface area contributed by atoms with Crippen LogP contribution in [-0.4, -0.2) is 21.9 Å². The summed E-state index contributed by atoms with van der Waals surface area (Å²) in [7, 11) is 0. The Bertz CT molecular complexity index is 910. The molecule has 0 atom stereocenters. The van der Waals surface area contributed by atoms with Crippen LogP contribution in [-0.2, 0) is 0 Å². The third kappa shape index (κ3) is 3.88. The maximum atomic E-state index is 4.69. The van der Waals surface area contributed by atoms with Gasteiger partial charge in [-0.25, -0.2) is 4.68 Å². The van der Waals surface area contributed by atoms with Crippen molar-refractivity contribution in [3.05, 3.63) is 69.0 Å². The molecule has 0 aliphatic heterocycles. The number of nitrogens with zero attached hydrogens (tertiary/aromatic N) is 4. The van der Waals surface area contributed by atoms with E-state index < -0.39 is 0 Å². The predicted octanol–water partition coefficient (Wildman–Crippen LogP) is 4.57. The summed E-state index contributed by atoms with van der Waals surface area (Å²) in [4.78, 5) is 9.60. The van der Waals surface area contributed by atoms with Crippen LogP contribution in [0.5, 0.6) is 0 Å². The maximum Gasteiger partial charge on any atom is 0.206 e. The van der Waals surface area contributed by atoms with Crippen molar-refractivity contribution >= 4 is 33.5 Å². The largest absolute Gasteiger partial charge is 0.265 e. The maximum absolute atomic E-state index is 4.69. The normalized spacial score (nSPS) is 12.4. The Balaban J connectivity index is 2.13. The van der Waals surface area contributed by atoms with Gasteiger partial charge in [-0.3, -0.25) is 9.98 Å². The van der Waals surface area contributed by atoms with Gasteiger partial charge in [-0.15, -0.1) is 11.3 Å². The number of pyridine rings is 1. The van der Waals surface area contributed by atoms with E-state index in [2.05, 4.69) is 56.3 Å². The summed E-state index contributed by atoms with van der Waals surface area (Å²) in [6.45, 7) is 4.13. The molecule has 6 heteroatoms. The predicted molar refractivity (Wildman–Crippen MR) is 103 cm³/mol. The summed E-state index contributed by atoms with van der Waals surface area (Å²) in [6.07, 6.45) is 5.34. The second-order valence-corrected chi connectivity index (χ2v) is 7.13. The summed E-state index contributed by atoms with van der Waals surface area (Å²) >= 11 is 5.22. The van der Waals surface area contributed by atoms with Crippen LogP contribution < -0.4 is 4.80 Å². The summed E-state index contributed by atoms with van der Waals surface area (Å²) in [5.74, 6) is 0. The fourth-order valence-electron chi connectivity index (χ4n) is 2.15. The molecule has 3 rings (SSSR count). The summed E-state index contributed by atoms with van der Waals surface area (Å²) in [5.41, 5.74) is 3.10. The average Bonchev–Trinajstić information content (AvgIpc) is 2.96. The van der Waals surface area contributed by atoms with E-state index in [4.69, 9.17) is 0 Å². The zero-order valence-electron chi connectivity index (χ0n) is 13.4. The Kier molecular flexibility index (Phi) is 5.37. The molecule has 2 heterocycles. The fourth-order valence-corrected chi connectivity index (χ4v) is 3.60. The molecular weight excluding hydrogens is 384 g/mol. The van der Waals surface area contributed by atoms with Gasteiger partial charge in [0.2, 0.25) is 4.80 Å². The molecule has 0 radical (unpaired) electrons. The molecule has 0 N–H and O–H groups in total. The Labute approximate surface area is 153 Å². The first kappa shape index (κ1) is 16.8. The molecule has 0 amide bonds. The van der Waals surface area contributed by atoms with Gasteiger partial charge in [-0.1, -0.05) is 34.1 Å². The number of hydrogen-bond donors (Lipinski definition) is 0. The highest BCUT2D eigenvalue weighted by molar-refractivity contribution is 9.10. The van der Waals surface area contributed by atoms with Crippen molar-refractivity contribution in [2.45, 2.75) is 19.9 Å². The van der Waals surface area contributed by atoms with E-state index in [-0.39, 0.29) is 6.04 Å². The summed E-state index contributed by atoms with van der Waals surface area (Å²) in [5, 5.41) is 6.76. The van der Waals surface area contributed by atoms with Crippen LogP contribution in [0.2, 0.25) is 0 Å². The van der Waals surface area contributed by atoms with E-state index in [1.165, 1.54) is 0 Å². The van der Waals surface area contributed by atoms with Crippen molar-refractivity contribution in [3.8, 4) is 11.3 Å². The van der Waals surface area contributed by atoms with E-state index in [9.17, 15) is 0 Å². The molecule has 1 aromatic carbocycles. The summed E-state index contributed by atoms with van der Waals surface area (Å²) in [6, 6.07) is 12.2. The molecule has 0 aliphatic carbocycles. The standard InChI is InChI=1S/C18H17BrN4S/c1-13(2)22-18-23(21-11-14-7-9-20-10-8-14)17(12-24-18)15-5-3-4-6-16(15)19/h3-13H,1-2H3. The van der Waals surface area contributed by atoms with Crippen LogP contribution in [0, 0.1) is 0 Å². The van der Waals surface area contributed by atoms with Gasteiger partial charge in [0.05, 0.1) is 11.9 Å². The molecule has 0 spiro atoms. The molecule has 0 aliphatic rings. The molecule has 0 unspecified atom stereocenters. The molecule has 0 bridgehead atoms. The van der Waals surface area contributed by atoms with E-state index in [0.717, 1.165) is 26.1 Å². The minimum atomic E-state index is 0.207.